The van der Waals surface area contributed by atoms with Gasteiger partial charge in [-0.05, 0) is 38.2 Å². The molecule has 0 amide bonds. The van der Waals surface area contributed by atoms with Crippen molar-refractivity contribution in [2.75, 3.05) is 20.1 Å². The smallest absolute Gasteiger partial charge is 0.213 e. The van der Waals surface area contributed by atoms with Crippen LogP contribution in [0.15, 0.2) is 23.3 Å². The first kappa shape index (κ1) is 20.0. The zero-order valence-electron chi connectivity index (χ0n) is 14.6. The Bertz CT molecular complexity index is 490. The van der Waals surface area contributed by atoms with Gasteiger partial charge in [0.1, 0.15) is 0 Å². The van der Waals surface area contributed by atoms with E-state index in [9.17, 15) is 0 Å². The molecule has 1 aromatic heterocycles. The number of nitrogens with one attached hydrogen (secondary N) is 1. The highest BCUT2D eigenvalue weighted by Crippen LogP contribution is 2.15. The number of hydrogen-bond donors (Lipinski definition) is 1. The fourth-order valence-corrected chi connectivity index (χ4v) is 2.72. The summed E-state index contributed by atoms with van der Waals surface area (Å²) in [6, 6.07) is 3.96. The maximum atomic E-state index is 5.56. The summed E-state index contributed by atoms with van der Waals surface area (Å²) in [5.41, 5.74) is 1.13. The monoisotopic (exact) mass is 432 g/mol. The summed E-state index contributed by atoms with van der Waals surface area (Å²) in [5, 5.41) is 3.43. The number of aliphatic imine (C=N–C) groups is 1. The van der Waals surface area contributed by atoms with E-state index in [1.165, 1.54) is 12.8 Å². The van der Waals surface area contributed by atoms with Crippen molar-refractivity contribution in [2.24, 2.45) is 10.9 Å². The minimum atomic E-state index is 0. The van der Waals surface area contributed by atoms with Crippen LogP contribution in [0.25, 0.3) is 0 Å². The fourth-order valence-electron chi connectivity index (χ4n) is 2.72. The van der Waals surface area contributed by atoms with Crippen LogP contribution < -0.4 is 10.1 Å². The normalized spacial score (nSPS) is 18.6. The van der Waals surface area contributed by atoms with Crippen LogP contribution in [0.3, 0.4) is 0 Å². The molecule has 1 aliphatic rings. The van der Waals surface area contributed by atoms with Crippen LogP contribution in [0.1, 0.15) is 39.2 Å². The summed E-state index contributed by atoms with van der Waals surface area (Å²) in [4.78, 5) is 11.1. The molecule has 0 spiro atoms. The average Bonchev–Trinajstić information content (AvgIpc) is 2.49. The van der Waals surface area contributed by atoms with Gasteiger partial charge in [0.15, 0.2) is 5.96 Å². The van der Waals surface area contributed by atoms with Crippen LogP contribution in [-0.4, -0.2) is 42.1 Å². The summed E-state index contributed by atoms with van der Waals surface area (Å²) >= 11 is 0. The second kappa shape index (κ2) is 9.95. The maximum Gasteiger partial charge on any atom is 0.213 e. The first-order valence-corrected chi connectivity index (χ1v) is 8.15. The number of rotatable bonds is 4. The highest BCUT2D eigenvalue weighted by Gasteiger charge is 2.18. The largest absolute Gasteiger partial charge is 0.475 e. The van der Waals surface area contributed by atoms with E-state index in [2.05, 4.69) is 27.1 Å². The number of pyridine rings is 1. The Morgan fingerprint density at radius 1 is 1.48 bits per heavy atom. The zero-order valence-corrected chi connectivity index (χ0v) is 16.9. The number of halogens is 1. The third-order valence-electron chi connectivity index (χ3n) is 3.77. The third-order valence-corrected chi connectivity index (χ3v) is 3.77. The van der Waals surface area contributed by atoms with Crippen LogP contribution >= 0.6 is 24.0 Å². The Labute approximate surface area is 156 Å². The van der Waals surface area contributed by atoms with Crippen molar-refractivity contribution in [1.29, 1.82) is 0 Å². The number of hydrogen-bond acceptors (Lipinski definition) is 3. The van der Waals surface area contributed by atoms with Gasteiger partial charge in [-0.25, -0.2) is 4.98 Å². The van der Waals surface area contributed by atoms with Gasteiger partial charge in [0, 0.05) is 38.9 Å². The molecular weight excluding hydrogens is 403 g/mol. The van der Waals surface area contributed by atoms with E-state index < -0.39 is 0 Å². The third kappa shape index (κ3) is 6.53. The van der Waals surface area contributed by atoms with Crippen LogP contribution in [0.4, 0.5) is 0 Å². The molecule has 23 heavy (non-hydrogen) atoms. The summed E-state index contributed by atoms with van der Waals surface area (Å²) in [7, 11) is 1.85. The molecule has 130 valence electrons. The van der Waals surface area contributed by atoms with E-state index in [0.29, 0.717) is 5.88 Å². The molecule has 0 bridgehead atoms. The molecule has 6 heteroatoms. The van der Waals surface area contributed by atoms with E-state index >= 15 is 0 Å². The number of piperidine rings is 1. The van der Waals surface area contributed by atoms with Gasteiger partial charge in [-0.2, -0.15) is 0 Å². The molecule has 1 aliphatic heterocycles. The van der Waals surface area contributed by atoms with Crippen molar-refractivity contribution >= 4 is 29.9 Å². The highest BCUT2D eigenvalue weighted by molar-refractivity contribution is 14.0. The predicted molar refractivity (Wildman–Crippen MR) is 106 cm³/mol. The van der Waals surface area contributed by atoms with Crippen molar-refractivity contribution in [3.8, 4) is 5.88 Å². The van der Waals surface area contributed by atoms with Crippen LogP contribution in [-0.2, 0) is 6.54 Å². The van der Waals surface area contributed by atoms with Gasteiger partial charge < -0.3 is 15.0 Å². The van der Waals surface area contributed by atoms with Crippen molar-refractivity contribution in [2.45, 2.75) is 46.3 Å². The van der Waals surface area contributed by atoms with Crippen molar-refractivity contribution in [3.05, 3.63) is 23.9 Å². The van der Waals surface area contributed by atoms with Crippen LogP contribution in [0.2, 0.25) is 0 Å². The highest BCUT2D eigenvalue weighted by atomic mass is 127. The van der Waals surface area contributed by atoms with Gasteiger partial charge in [0.2, 0.25) is 5.88 Å². The van der Waals surface area contributed by atoms with Crippen LogP contribution in [0.5, 0.6) is 5.88 Å². The summed E-state index contributed by atoms with van der Waals surface area (Å²) in [5.74, 6) is 2.39. The van der Waals surface area contributed by atoms with Gasteiger partial charge in [-0.15, -0.1) is 24.0 Å². The number of nitrogens with zero attached hydrogens (tertiary/aromatic N) is 3. The minimum absolute atomic E-state index is 0. The first-order valence-electron chi connectivity index (χ1n) is 8.15. The van der Waals surface area contributed by atoms with Gasteiger partial charge in [-0.1, -0.05) is 13.0 Å². The summed E-state index contributed by atoms with van der Waals surface area (Å²) < 4.78 is 5.56. The van der Waals surface area contributed by atoms with Gasteiger partial charge in [-0.3, -0.25) is 4.99 Å². The van der Waals surface area contributed by atoms with Gasteiger partial charge in [0.25, 0.3) is 0 Å². The lowest BCUT2D eigenvalue weighted by molar-refractivity contribution is 0.232. The molecule has 5 nitrogen and oxygen atoms in total. The molecule has 0 aromatic carbocycles. The molecule has 2 rings (SSSR count). The molecule has 1 N–H and O–H groups in total. The van der Waals surface area contributed by atoms with Crippen molar-refractivity contribution in [3.63, 3.8) is 0 Å². The molecule has 0 radical (unpaired) electrons. The summed E-state index contributed by atoms with van der Waals surface area (Å²) in [6.45, 7) is 9.20. The second-order valence-electron chi connectivity index (χ2n) is 6.27. The molecule has 1 saturated heterocycles. The Kier molecular flexibility index (Phi) is 8.65. The second-order valence-corrected chi connectivity index (χ2v) is 6.27. The SMILES string of the molecule is CN=C(NCc1ccc(OC(C)C)nc1)N1CCCC(C)C1.I. The summed E-state index contributed by atoms with van der Waals surface area (Å²) in [6.07, 6.45) is 4.56. The molecule has 1 fully saturated rings. The molecule has 0 aliphatic carbocycles. The Morgan fingerprint density at radius 3 is 2.83 bits per heavy atom. The molecule has 0 saturated carbocycles. The maximum absolute atomic E-state index is 5.56. The lowest BCUT2D eigenvalue weighted by atomic mass is 10.0. The van der Waals surface area contributed by atoms with Crippen molar-refractivity contribution < 1.29 is 4.74 Å². The quantitative estimate of drug-likeness (QED) is 0.451. The molecule has 1 unspecified atom stereocenters. The predicted octanol–water partition coefficient (Wildman–Crippen LogP) is 3.29. The van der Waals surface area contributed by atoms with E-state index in [4.69, 9.17) is 4.74 Å². The average molecular weight is 432 g/mol. The number of ether oxygens (including phenoxy) is 1. The topological polar surface area (TPSA) is 49.8 Å². The fraction of sp³-hybridized carbons (Fsp3) is 0.647. The first-order chi connectivity index (χ1) is 10.6. The van der Waals surface area contributed by atoms with E-state index in [1.54, 1.807) is 0 Å². The van der Waals surface area contributed by atoms with Crippen LogP contribution in [0, 0.1) is 5.92 Å². The lowest BCUT2D eigenvalue weighted by Gasteiger charge is -2.33. The van der Waals surface area contributed by atoms with E-state index in [1.807, 2.05) is 39.2 Å². The molecule has 1 aromatic rings. The zero-order chi connectivity index (χ0) is 15.9. The molecular formula is C17H29IN4O. The Hall–Kier alpha value is -1.05. The van der Waals surface area contributed by atoms with Gasteiger partial charge >= 0.3 is 0 Å². The standard InChI is InChI=1S/C17H28N4O.HI/c1-13(2)22-16-8-7-15(10-19-16)11-20-17(18-4)21-9-5-6-14(3)12-21;/h7-8,10,13-14H,5-6,9,11-12H2,1-4H3,(H,18,20);1H. The molecule has 2 heterocycles. The van der Waals surface area contributed by atoms with Crippen molar-refractivity contribution in [1.82, 2.24) is 15.2 Å². The Balaban J connectivity index is 0.00000264. The number of guanidine groups is 1. The van der Waals surface area contributed by atoms with E-state index in [0.717, 1.165) is 37.1 Å². The van der Waals surface area contributed by atoms with E-state index in [-0.39, 0.29) is 30.1 Å². The molecule has 1 atom stereocenters. The van der Waals surface area contributed by atoms with Gasteiger partial charge in [0.05, 0.1) is 6.10 Å². The number of aromatic nitrogens is 1. The Morgan fingerprint density at radius 2 is 2.26 bits per heavy atom. The minimum Gasteiger partial charge on any atom is -0.475 e. The lowest BCUT2D eigenvalue weighted by Crippen LogP contribution is -2.45. The number of likely N-dealkylation sites (tertiary alicyclic amines) is 1.